The number of halogens is 3. The third kappa shape index (κ3) is 9.52. The first kappa shape index (κ1) is 33.5. The molecule has 2 aromatic carbocycles. The van der Waals surface area contributed by atoms with E-state index in [0.29, 0.717) is 18.7 Å². The van der Waals surface area contributed by atoms with E-state index < -0.39 is 35.4 Å². The van der Waals surface area contributed by atoms with Crippen LogP contribution in [0.1, 0.15) is 64.2 Å². The average Bonchev–Trinajstić information content (AvgIpc) is 2.97. The second-order valence-electron chi connectivity index (χ2n) is 10.5. The zero-order valence-electron chi connectivity index (χ0n) is 24.7. The van der Waals surface area contributed by atoms with E-state index in [1.807, 2.05) is 44.2 Å². The Kier molecular flexibility index (Phi) is 12.1. The molecule has 3 N–H and O–H groups in total. The molecule has 0 radical (unpaired) electrons. The van der Waals surface area contributed by atoms with E-state index in [4.69, 9.17) is 0 Å². The molecule has 232 valence electrons. The molecule has 0 unspecified atom stereocenters. The second-order valence-corrected chi connectivity index (χ2v) is 10.5. The fourth-order valence-corrected chi connectivity index (χ4v) is 4.77. The van der Waals surface area contributed by atoms with Crippen molar-refractivity contribution < 1.29 is 27.9 Å². The Bertz CT molecular complexity index is 1420. The molecule has 3 rings (SSSR count). The summed E-state index contributed by atoms with van der Waals surface area (Å²) in [6.45, 7) is 4.97. The quantitative estimate of drug-likeness (QED) is 0.258. The average molecular weight is 601 g/mol. The van der Waals surface area contributed by atoms with Crippen LogP contribution in [0.3, 0.4) is 0 Å². The van der Waals surface area contributed by atoms with Gasteiger partial charge in [0, 0.05) is 44.9 Å². The molecule has 0 saturated heterocycles. The van der Waals surface area contributed by atoms with E-state index in [2.05, 4.69) is 10.6 Å². The molecule has 11 heteroatoms. The number of hydrogen-bond donors (Lipinski definition) is 3. The van der Waals surface area contributed by atoms with Crippen molar-refractivity contribution in [2.45, 2.75) is 58.0 Å². The van der Waals surface area contributed by atoms with Gasteiger partial charge in [-0.25, -0.2) is 0 Å². The number of carbonyl (C=O) groups is 2. The molecule has 0 saturated carbocycles. The minimum absolute atomic E-state index is 0.0333. The number of aliphatic hydroxyl groups excluding tert-OH is 1. The highest BCUT2D eigenvalue weighted by Crippen LogP contribution is 2.29. The molecule has 8 nitrogen and oxygen atoms in total. The van der Waals surface area contributed by atoms with E-state index in [-0.39, 0.29) is 36.7 Å². The lowest BCUT2D eigenvalue weighted by Gasteiger charge is -2.26. The van der Waals surface area contributed by atoms with Gasteiger partial charge in [0.05, 0.1) is 17.7 Å². The third-order valence-electron chi connectivity index (χ3n) is 7.03. The largest absolute Gasteiger partial charge is 0.416 e. The van der Waals surface area contributed by atoms with Crippen LogP contribution in [0.5, 0.6) is 0 Å². The lowest BCUT2D eigenvalue weighted by atomic mass is 10.0. The number of hydrogen-bond acceptors (Lipinski definition) is 5. The molecule has 43 heavy (non-hydrogen) atoms. The number of aromatic nitrogens is 1. The Balaban J connectivity index is 1.80. The maximum Gasteiger partial charge on any atom is 0.416 e. The van der Waals surface area contributed by atoms with Gasteiger partial charge in [0.25, 0.3) is 17.4 Å². The van der Waals surface area contributed by atoms with Gasteiger partial charge in [0.2, 0.25) is 0 Å². The van der Waals surface area contributed by atoms with E-state index in [0.717, 1.165) is 35.1 Å². The number of carbonyl (C=O) groups excluding carboxylic acids is 2. The molecular formula is C32H39F3N4O4. The molecule has 0 aliphatic rings. The van der Waals surface area contributed by atoms with E-state index >= 15 is 0 Å². The first-order valence-corrected chi connectivity index (χ1v) is 14.3. The zero-order chi connectivity index (χ0) is 31.6. The number of benzene rings is 2. The molecule has 0 bridgehead atoms. The van der Waals surface area contributed by atoms with Crippen LogP contribution < -0.4 is 16.2 Å². The smallest absolute Gasteiger partial charge is 0.390 e. The van der Waals surface area contributed by atoms with E-state index in [9.17, 15) is 32.7 Å². The van der Waals surface area contributed by atoms with Crippen LogP contribution >= 0.6 is 0 Å². The molecule has 0 aliphatic carbocycles. The summed E-state index contributed by atoms with van der Waals surface area (Å²) < 4.78 is 40.4. The Hall–Kier alpha value is -3.96. The fourth-order valence-electron chi connectivity index (χ4n) is 4.77. The van der Waals surface area contributed by atoms with Crippen molar-refractivity contribution in [3.8, 4) is 0 Å². The summed E-state index contributed by atoms with van der Waals surface area (Å²) in [5.74, 6) is -0.986. The van der Waals surface area contributed by atoms with Gasteiger partial charge < -0.3 is 25.2 Å². The summed E-state index contributed by atoms with van der Waals surface area (Å²) >= 11 is 0. The van der Waals surface area contributed by atoms with Crippen molar-refractivity contribution in [1.82, 2.24) is 20.1 Å². The van der Waals surface area contributed by atoms with Crippen LogP contribution in [0.4, 0.5) is 13.2 Å². The number of rotatable bonds is 14. The predicted octanol–water partition coefficient (Wildman–Crippen LogP) is 4.16. The SMILES string of the molecule is CCCN(CCC)C(=O)c1cc(C(=O)N[C@@H](Cc2ccccc2)[C@H](O)CNCc2cccc(C(F)(F)F)c2)n(C)c(=O)c1. The van der Waals surface area contributed by atoms with Gasteiger partial charge in [0.15, 0.2) is 0 Å². The number of aliphatic hydroxyl groups is 1. The maximum atomic E-state index is 13.5. The molecule has 1 heterocycles. The Morgan fingerprint density at radius 2 is 1.60 bits per heavy atom. The Morgan fingerprint density at radius 3 is 2.23 bits per heavy atom. The number of alkyl halides is 3. The summed E-state index contributed by atoms with van der Waals surface area (Å²) in [7, 11) is 1.43. The summed E-state index contributed by atoms with van der Waals surface area (Å²) in [5, 5.41) is 16.9. The van der Waals surface area contributed by atoms with Crippen molar-refractivity contribution in [2.75, 3.05) is 19.6 Å². The van der Waals surface area contributed by atoms with Gasteiger partial charge in [-0.15, -0.1) is 0 Å². The summed E-state index contributed by atoms with van der Waals surface area (Å²) in [5.41, 5.74) is 0.0102. The lowest BCUT2D eigenvalue weighted by Crippen LogP contribution is -2.49. The van der Waals surface area contributed by atoms with Crippen LogP contribution in [0.25, 0.3) is 0 Å². The normalized spacial score (nSPS) is 12.9. The minimum Gasteiger partial charge on any atom is -0.390 e. The van der Waals surface area contributed by atoms with Gasteiger partial charge in [0.1, 0.15) is 5.69 Å². The highest BCUT2D eigenvalue weighted by molar-refractivity contribution is 5.98. The first-order valence-electron chi connectivity index (χ1n) is 14.3. The van der Waals surface area contributed by atoms with Gasteiger partial charge in [-0.3, -0.25) is 14.4 Å². The highest BCUT2D eigenvalue weighted by Gasteiger charge is 2.30. The van der Waals surface area contributed by atoms with Crippen molar-refractivity contribution in [1.29, 1.82) is 0 Å². The zero-order valence-corrected chi connectivity index (χ0v) is 24.7. The second kappa shape index (κ2) is 15.5. The molecule has 0 spiro atoms. The van der Waals surface area contributed by atoms with Gasteiger partial charge in [-0.05, 0) is 42.5 Å². The molecule has 3 aromatic rings. The highest BCUT2D eigenvalue weighted by atomic mass is 19.4. The molecule has 2 atom stereocenters. The van der Waals surface area contributed by atoms with Crippen LogP contribution in [0, 0.1) is 0 Å². The topological polar surface area (TPSA) is 104 Å². The van der Waals surface area contributed by atoms with E-state index in [1.165, 1.54) is 25.2 Å². The van der Waals surface area contributed by atoms with Crippen molar-refractivity contribution in [3.63, 3.8) is 0 Å². The number of nitrogens with one attached hydrogen (secondary N) is 2. The number of nitrogens with zero attached hydrogens (tertiary/aromatic N) is 2. The summed E-state index contributed by atoms with van der Waals surface area (Å²) in [6.07, 6.45) is -3.88. The van der Waals surface area contributed by atoms with Gasteiger partial charge in [-0.1, -0.05) is 62.4 Å². The molecule has 0 aliphatic heterocycles. The van der Waals surface area contributed by atoms with Crippen molar-refractivity contribution >= 4 is 11.8 Å². The Labute approximate surface area is 249 Å². The molecule has 0 fully saturated rings. The minimum atomic E-state index is -4.47. The fraction of sp³-hybridized carbons (Fsp3) is 0.406. The maximum absolute atomic E-state index is 13.5. The van der Waals surface area contributed by atoms with Crippen LogP contribution in [-0.4, -0.2) is 58.2 Å². The number of pyridine rings is 1. The molecule has 1 aromatic heterocycles. The first-order chi connectivity index (χ1) is 20.4. The standard InChI is InChI=1S/C32H39F3N4O4/c1-4-14-39(15-5-2)31(43)24-18-27(38(3)29(41)19-24)30(42)37-26(17-22-10-7-6-8-11-22)28(40)21-36-20-23-12-9-13-25(16-23)32(33,34)35/h6-13,16,18-19,26,28,36,40H,4-5,14-15,17,20-21H2,1-3H3,(H,37,42)/t26-,28+/m0/s1. The predicted molar refractivity (Wildman–Crippen MR) is 159 cm³/mol. The Morgan fingerprint density at radius 1 is 0.953 bits per heavy atom. The lowest BCUT2D eigenvalue weighted by molar-refractivity contribution is -0.137. The monoisotopic (exact) mass is 600 g/mol. The third-order valence-corrected chi connectivity index (χ3v) is 7.03. The van der Waals surface area contributed by atoms with Crippen LogP contribution in [0.15, 0.2) is 71.5 Å². The number of amides is 2. The van der Waals surface area contributed by atoms with Crippen LogP contribution in [0.2, 0.25) is 0 Å². The summed E-state index contributed by atoms with van der Waals surface area (Å²) in [4.78, 5) is 41.1. The van der Waals surface area contributed by atoms with Crippen LogP contribution in [-0.2, 0) is 26.2 Å². The summed E-state index contributed by atoms with van der Waals surface area (Å²) in [6, 6.07) is 15.8. The van der Waals surface area contributed by atoms with E-state index in [1.54, 1.807) is 11.0 Å². The molecular weight excluding hydrogens is 561 g/mol. The molecule has 2 amide bonds. The van der Waals surface area contributed by atoms with Crippen molar-refractivity contribution in [3.05, 3.63) is 105 Å². The van der Waals surface area contributed by atoms with Crippen molar-refractivity contribution in [2.24, 2.45) is 7.05 Å². The van der Waals surface area contributed by atoms with Gasteiger partial charge in [-0.2, -0.15) is 13.2 Å². The van der Waals surface area contributed by atoms with Gasteiger partial charge >= 0.3 is 6.18 Å².